The van der Waals surface area contributed by atoms with Crippen LogP contribution in [0, 0.1) is 26.6 Å². The van der Waals surface area contributed by atoms with E-state index in [2.05, 4.69) is 4.98 Å². The van der Waals surface area contributed by atoms with Crippen molar-refractivity contribution < 1.29 is 14.3 Å². The molecule has 0 radical (unpaired) electrons. The van der Waals surface area contributed by atoms with Gasteiger partial charge in [-0.25, -0.2) is 4.39 Å². The Morgan fingerprint density at radius 3 is 2.50 bits per heavy atom. The summed E-state index contributed by atoms with van der Waals surface area (Å²) in [6, 6.07) is 6.12. The van der Waals surface area contributed by atoms with Crippen molar-refractivity contribution in [3.05, 3.63) is 68.4 Å². The Hall–Kier alpha value is -2.47. The van der Waals surface area contributed by atoms with Crippen molar-refractivity contribution in [2.75, 3.05) is 13.2 Å². The molecule has 5 nitrogen and oxygen atoms in total. The average molecular weight is 332 g/mol. The van der Waals surface area contributed by atoms with Gasteiger partial charge in [-0.2, -0.15) is 0 Å². The predicted molar refractivity (Wildman–Crippen MR) is 89.5 cm³/mol. The SMILES string of the molecule is Cc1[nH]c(=O)c(C(=O)N(CCO)Cc2ccccc2F)c(C)c1C. The van der Waals surface area contributed by atoms with Crippen LogP contribution in [0.25, 0.3) is 0 Å². The zero-order chi connectivity index (χ0) is 17.9. The van der Waals surface area contributed by atoms with Crippen LogP contribution in [0.3, 0.4) is 0 Å². The van der Waals surface area contributed by atoms with Gasteiger partial charge in [0.15, 0.2) is 0 Å². The smallest absolute Gasteiger partial charge is 0.261 e. The molecule has 0 fully saturated rings. The monoisotopic (exact) mass is 332 g/mol. The van der Waals surface area contributed by atoms with Crippen molar-refractivity contribution in [1.29, 1.82) is 0 Å². The molecule has 2 rings (SSSR count). The van der Waals surface area contributed by atoms with Gasteiger partial charge in [0.25, 0.3) is 11.5 Å². The minimum Gasteiger partial charge on any atom is -0.395 e. The Morgan fingerprint density at radius 1 is 1.21 bits per heavy atom. The maximum absolute atomic E-state index is 13.9. The molecule has 1 heterocycles. The maximum atomic E-state index is 13.9. The van der Waals surface area contributed by atoms with E-state index in [1.165, 1.54) is 11.0 Å². The fourth-order valence-corrected chi connectivity index (χ4v) is 2.59. The first-order valence-corrected chi connectivity index (χ1v) is 7.70. The van der Waals surface area contributed by atoms with Gasteiger partial charge in [0, 0.05) is 24.3 Å². The molecule has 128 valence electrons. The van der Waals surface area contributed by atoms with Gasteiger partial charge in [0.1, 0.15) is 11.4 Å². The number of halogens is 1. The number of amides is 1. The van der Waals surface area contributed by atoms with Gasteiger partial charge in [0.2, 0.25) is 0 Å². The lowest BCUT2D eigenvalue weighted by atomic mass is 10.0. The van der Waals surface area contributed by atoms with E-state index in [4.69, 9.17) is 0 Å². The Balaban J connectivity index is 2.42. The molecule has 1 amide bonds. The first-order chi connectivity index (χ1) is 11.4. The summed E-state index contributed by atoms with van der Waals surface area (Å²) in [7, 11) is 0. The number of aromatic nitrogens is 1. The van der Waals surface area contributed by atoms with Crippen LogP contribution >= 0.6 is 0 Å². The fraction of sp³-hybridized carbons (Fsp3) is 0.333. The van der Waals surface area contributed by atoms with Crippen LogP contribution in [0.4, 0.5) is 4.39 Å². The number of carbonyl (C=O) groups is 1. The Morgan fingerprint density at radius 2 is 1.88 bits per heavy atom. The molecule has 0 aliphatic carbocycles. The lowest BCUT2D eigenvalue weighted by Crippen LogP contribution is -2.37. The largest absolute Gasteiger partial charge is 0.395 e. The third kappa shape index (κ3) is 3.54. The van der Waals surface area contributed by atoms with Gasteiger partial charge in [-0.05, 0) is 38.0 Å². The van der Waals surface area contributed by atoms with Gasteiger partial charge in [0.05, 0.1) is 6.61 Å². The predicted octanol–water partition coefficient (Wildman–Crippen LogP) is 2.07. The van der Waals surface area contributed by atoms with Gasteiger partial charge < -0.3 is 15.0 Å². The number of nitrogens with zero attached hydrogens (tertiary/aromatic N) is 1. The molecule has 0 spiro atoms. The van der Waals surface area contributed by atoms with Gasteiger partial charge >= 0.3 is 0 Å². The summed E-state index contributed by atoms with van der Waals surface area (Å²) in [5.41, 5.74) is 2.01. The van der Waals surface area contributed by atoms with E-state index in [9.17, 15) is 19.1 Å². The summed E-state index contributed by atoms with van der Waals surface area (Å²) >= 11 is 0. The summed E-state index contributed by atoms with van der Waals surface area (Å²) < 4.78 is 13.9. The summed E-state index contributed by atoms with van der Waals surface area (Å²) in [5.74, 6) is -0.951. The number of rotatable bonds is 5. The lowest BCUT2D eigenvalue weighted by molar-refractivity contribution is 0.0703. The summed E-state index contributed by atoms with van der Waals surface area (Å²) in [6.07, 6.45) is 0. The fourth-order valence-electron chi connectivity index (χ4n) is 2.59. The highest BCUT2D eigenvalue weighted by molar-refractivity contribution is 5.95. The van der Waals surface area contributed by atoms with Crippen molar-refractivity contribution in [3.63, 3.8) is 0 Å². The standard InChI is InChI=1S/C18H21FN2O3/c1-11-12(2)16(17(23)20-13(11)3)18(24)21(8-9-22)10-14-6-4-5-7-15(14)19/h4-7,22H,8-10H2,1-3H3,(H,20,23). The minimum atomic E-state index is -0.519. The molecule has 1 aromatic carbocycles. The molecular weight excluding hydrogens is 311 g/mol. The van der Waals surface area contributed by atoms with Crippen LogP contribution in [-0.4, -0.2) is 34.0 Å². The molecule has 0 unspecified atom stereocenters. The maximum Gasteiger partial charge on any atom is 0.261 e. The van der Waals surface area contributed by atoms with E-state index in [0.29, 0.717) is 16.8 Å². The number of nitrogens with one attached hydrogen (secondary N) is 1. The number of aliphatic hydroxyl groups is 1. The van der Waals surface area contributed by atoms with Gasteiger partial charge in [-0.3, -0.25) is 9.59 Å². The highest BCUT2D eigenvalue weighted by atomic mass is 19.1. The van der Waals surface area contributed by atoms with E-state index in [-0.39, 0.29) is 25.3 Å². The number of carbonyl (C=O) groups excluding carboxylic acids is 1. The zero-order valence-electron chi connectivity index (χ0n) is 14.0. The Labute approximate surface area is 139 Å². The second kappa shape index (κ2) is 7.40. The highest BCUT2D eigenvalue weighted by Gasteiger charge is 2.23. The average Bonchev–Trinajstić information content (AvgIpc) is 2.54. The molecule has 0 atom stereocenters. The molecule has 2 aromatic rings. The molecule has 0 aliphatic heterocycles. The topological polar surface area (TPSA) is 73.4 Å². The second-order valence-electron chi connectivity index (χ2n) is 5.75. The minimum absolute atomic E-state index is 0.0129. The van der Waals surface area contributed by atoms with E-state index in [1.54, 1.807) is 32.0 Å². The molecule has 6 heteroatoms. The van der Waals surface area contributed by atoms with Crippen LogP contribution in [0.1, 0.15) is 32.7 Å². The summed E-state index contributed by atoms with van der Waals surface area (Å²) in [6.45, 7) is 5.03. The molecule has 24 heavy (non-hydrogen) atoms. The molecule has 0 bridgehead atoms. The van der Waals surface area contributed by atoms with Crippen molar-refractivity contribution in [2.24, 2.45) is 0 Å². The van der Waals surface area contributed by atoms with Crippen LogP contribution < -0.4 is 5.56 Å². The van der Waals surface area contributed by atoms with Crippen molar-refractivity contribution in [1.82, 2.24) is 9.88 Å². The van der Waals surface area contributed by atoms with Crippen LogP contribution in [0.2, 0.25) is 0 Å². The van der Waals surface area contributed by atoms with Crippen LogP contribution in [0.15, 0.2) is 29.1 Å². The van der Waals surface area contributed by atoms with Crippen LogP contribution in [-0.2, 0) is 6.54 Å². The summed E-state index contributed by atoms with van der Waals surface area (Å²) in [5, 5.41) is 9.24. The van der Waals surface area contributed by atoms with Crippen molar-refractivity contribution in [3.8, 4) is 0 Å². The van der Waals surface area contributed by atoms with Gasteiger partial charge in [-0.15, -0.1) is 0 Å². The zero-order valence-corrected chi connectivity index (χ0v) is 14.0. The number of aromatic amines is 1. The normalized spacial score (nSPS) is 10.7. The second-order valence-corrected chi connectivity index (χ2v) is 5.75. The van der Waals surface area contributed by atoms with E-state index < -0.39 is 17.3 Å². The first kappa shape index (κ1) is 17.9. The lowest BCUT2D eigenvalue weighted by Gasteiger charge is -2.23. The number of aryl methyl sites for hydroxylation is 1. The number of pyridine rings is 1. The van der Waals surface area contributed by atoms with E-state index in [0.717, 1.165) is 5.56 Å². The van der Waals surface area contributed by atoms with Crippen molar-refractivity contribution >= 4 is 5.91 Å². The first-order valence-electron chi connectivity index (χ1n) is 7.70. The molecule has 2 N–H and O–H groups in total. The van der Waals surface area contributed by atoms with E-state index in [1.807, 2.05) is 6.92 Å². The number of aliphatic hydroxyl groups excluding tert-OH is 1. The number of hydrogen-bond acceptors (Lipinski definition) is 3. The Kier molecular flexibility index (Phi) is 5.51. The Bertz CT molecular complexity index is 814. The third-order valence-electron chi connectivity index (χ3n) is 4.22. The highest BCUT2D eigenvalue weighted by Crippen LogP contribution is 2.16. The molecule has 0 saturated carbocycles. The third-order valence-corrected chi connectivity index (χ3v) is 4.22. The summed E-state index contributed by atoms with van der Waals surface area (Å²) in [4.78, 5) is 29.0. The van der Waals surface area contributed by atoms with Crippen LogP contribution in [0.5, 0.6) is 0 Å². The van der Waals surface area contributed by atoms with Crippen molar-refractivity contribution in [2.45, 2.75) is 27.3 Å². The molecule has 0 aliphatic rings. The quantitative estimate of drug-likeness (QED) is 0.880. The van der Waals surface area contributed by atoms with E-state index >= 15 is 0 Å². The molecule has 0 saturated heterocycles. The number of H-pyrrole nitrogens is 1. The van der Waals surface area contributed by atoms with Gasteiger partial charge in [-0.1, -0.05) is 18.2 Å². The molecular formula is C18H21FN2O3. The number of benzene rings is 1. The molecule has 1 aromatic heterocycles. The number of hydrogen-bond donors (Lipinski definition) is 2.